The molecule has 0 aliphatic heterocycles. The van der Waals surface area contributed by atoms with Crippen LogP contribution in [-0.2, 0) is 6.54 Å². The first-order valence-corrected chi connectivity index (χ1v) is 4.61. The Balaban J connectivity index is 0.00000112. The van der Waals surface area contributed by atoms with E-state index in [0.29, 0.717) is 0 Å². The van der Waals surface area contributed by atoms with Crippen LogP contribution in [0.4, 0.5) is 0 Å². The maximum Gasteiger partial charge on any atom is 0.248 e. The maximum atomic E-state index is 3.70. The van der Waals surface area contributed by atoms with Crippen LogP contribution in [0.2, 0.25) is 0 Å². The molecular formula is C12H13BrN2. The van der Waals surface area contributed by atoms with E-state index in [9.17, 15) is 0 Å². The van der Waals surface area contributed by atoms with Crippen molar-refractivity contribution in [3.05, 3.63) is 61.2 Å². The van der Waals surface area contributed by atoms with Crippen LogP contribution in [0.3, 0.4) is 0 Å². The van der Waals surface area contributed by atoms with Crippen molar-refractivity contribution >= 4 is 6.20 Å². The first-order chi connectivity index (χ1) is 6.88. The Morgan fingerprint density at radius 3 is 2.60 bits per heavy atom. The molecule has 2 aromatic rings. The summed E-state index contributed by atoms with van der Waals surface area (Å²) < 4.78 is 4.06. The Morgan fingerprint density at radius 1 is 1.27 bits per heavy atom. The molecule has 1 heterocycles. The van der Waals surface area contributed by atoms with Crippen molar-refractivity contribution in [3.8, 4) is 0 Å². The van der Waals surface area contributed by atoms with E-state index in [1.165, 1.54) is 5.56 Å². The van der Waals surface area contributed by atoms with Crippen LogP contribution in [-0.4, -0.2) is 4.57 Å². The molecule has 78 valence electrons. The van der Waals surface area contributed by atoms with E-state index in [1.807, 2.05) is 29.4 Å². The molecular weight excluding hydrogens is 252 g/mol. The molecule has 0 spiro atoms. The van der Waals surface area contributed by atoms with Crippen molar-refractivity contribution in [2.45, 2.75) is 6.54 Å². The largest absolute Gasteiger partial charge is 1.00 e. The Morgan fingerprint density at radius 2 is 2.00 bits per heavy atom. The number of aromatic nitrogens is 2. The van der Waals surface area contributed by atoms with Gasteiger partial charge >= 0.3 is 0 Å². The zero-order valence-electron chi connectivity index (χ0n) is 8.38. The molecule has 1 aromatic heterocycles. The van der Waals surface area contributed by atoms with Crippen LogP contribution in [0.15, 0.2) is 55.6 Å². The standard InChI is InChI=1S/C12H13N2.BrH/c1-2-13-8-9-14(11-13)10-12-6-4-3-5-7-12;/h2-9,11H,1,10H2;1H/q+1;/p-1. The summed E-state index contributed by atoms with van der Waals surface area (Å²) in [6.07, 6.45) is 7.81. The lowest BCUT2D eigenvalue weighted by Crippen LogP contribution is -3.00. The third-order valence-corrected chi connectivity index (χ3v) is 2.13. The number of rotatable bonds is 3. The molecule has 0 bridgehead atoms. The summed E-state index contributed by atoms with van der Waals surface area (Å²) >= 11 is 0. The minimum Gasteiger partial charge on any atom is -1.00 e. The summed E-state index contributed by atoms with van der Waals surface area (Å²) in [5.41, 5.74) is 1.30. The molecule has 0 unspecified atom stereocenters. The second kappa shape index (κ2) is 5.51. The lowest BCUT2D eigenvalue weighted by Gasteiger charge is -1.95. The number of imidazole rings is 1. The second-order valence-corrected chi connectivity index (χ2v) is 3.20. The van der Waals surface area contributed by atoms with Crippen LogP contribution >= 0.6 is 0 Å². The zero-order chi connectivity index (χ0) is 9.80. The van der Waals surface area contributed by atoms with Gasteiger partial charge in [0, 0.05) is 0 Å². The monoisotopic (exact) mass is 264 g/mol. The van der Waals surface area contributed by atoms with Gasteiger partial charge in [0.25, 0.3) is 0 Å². The topological polar surface area (TPSA) is 8.81 Å². The van der Waals surface area contributed by atoms with Gasteiger partial charge in [-0.25, -0.2) is 9.13 Å². The van der Waals surface area contributed by atoms with Crippen molar-refractivity contribution in [2.24, 2.45) is 0 Å². The van der Waals surface area contributed by atoms with Crippen molar-refractivity contribution in [3.63, 3.8) is 0 Å². The number of hydrogen-bond donors (Lipinski definition) is 0. The summed E-state index contributed by atoms with van der Waals surface area (Å²) in [6, 6.07) is 10.4. The molecule has 2 rings (SSSR count). The van der Waals surface area contributed by atoms with E-state index >= 15 is 0 Å². The Kier molecular flexibility index (Phi) is 4.31. The van der Waals surface area contributed by atoms with Crippen molar-refractivity contribution in [1.82, 2.24) is 4.57 Å². The highest BCUT2D eigenvalue weighted by Gasteiger charge is 2.00. The average molecular weight is 265 g/mol. The SMILES string of the molecule is C=Cn1cc[n+](Cc2ccccc2)c1.[Br-]. The smallest absolute Gasteiger partial charge is 0.248 e. The minimum absolute atomic E-state index is 0. The molecule has 3 heteroatoms. The molecule has 0 saturated heterocycles. The van der Waals surface area contributed by atoms with E-state index < -0.39 is 0 Å². The second-order valence-electron chi connectivity index (χ2n) is 3.20. The fourth-order valence-electron chi connectivity index (χ4n) is 1.41. The Hall–Kier alpha value is -1.35. The van der Waals surface area contributed by atoms with Gasteiger partial charge in [-0.3, -0.25) is 0 Å². The number of benzene rings is 1. The Labute approximate surface area is 100 Å². The van der Waals surface area contributed by atoms with Gasteiger partial charge in [-0.15, -0.1) is 0 Å². The molecule has 0 saturated carbocycles. The number of halogens is 1. The van der Waals surface area contributed by atoms with Crippen LogP contribution in [0, 0.1) is 0 Å². The molecule has 15 heavy (non-hydrogen) atoms. The van der Waals surface area contributed by atoms with Gasteiger partial charge in [0.1, 0.15) is 18.9 Å². The number of nitrogens with zero attached hydrogens (tertiary/aromatic N) is 2. The van der Waals surface area contributed by atoms with E-state index in [0.717, 1.165) is 6.54 Å². The fourth-order valence-corrected chi connectivity index (χ4v) is 1.41. The molecule has 0 fully saturated rings. The van der Waals surface area contributed by atoms with Crippen LogP contribution in [0.1, 0.15) is 5.56 Å². The summed E-state index contributed by atoms with van der Waals surface area (Å²) in [5.74, 6) is 0. The molecule has 0 radical (unpaired) electrons. The highest BCUT2D eigenvalue weighted by atomic mass is 79.9. The maximum absolute atomic E-state index is 3.70. The molecule has 0 amide bonds. The van der Waals surface area contributed by atoms with Gasteiger partial charge in [0.05, 0.1) is 6.20 Å². The van der Waals surface area contributed by atoms with Gasteiger partial charge < -0.3 is 17.0 Å². The van der Waals surface area contributed by atoms with E-state index in [1.54, 1.807) is 6.20 Å². The van der Waals surface area contributed by atoms with Crippen molar-refractivity contribution in [1.29, 1.82) is 0 Å². The van der Waals surface area contributed by atoms with E-state index in [4.69, 9.17) is 0 Å². The number of hydrogen-bond acceptors (Lipinski definition) is 0. The first-order valence-electron chi connectivity index (χ1n) is 4.61. The highest BCUT2D eigenvalue weighted by Crippen LogP contribution is 1.97. The average Bonchev–Trinajstić information content (AvgIpc) is 2.67. The van der Waals surface area contributed by atoms with Gasteiger partial charge in [0.2, 0.25) is 6.33 Å². The molecule has 0 aliphatic carbocycles. The van der Waals surface area contributed by atoms with Crippen LogP contribution < -0.4 is 21.5 Å². The van der Waals surface area contributed by atoms with Gasteiger partial charge in [0.15, 0.2) is 0 Å². The van der Waals surface area contributed by atoms with Gasteiger partial charge in [-0.2, -0.15) is 0 Å². The van der Waals surface area contributed by atoms with Crippen molar-refractivity contribution < 1.29 is 21.5 Å². The lowest BCUT2D eigenvalue weighted by molar-refractivity contribution is -0.687. The molecule has 0 aliphatic rings. The normalized spacial score (nSPS) is 9.33. The molecule has 1 aromatic carbocycles. The van der Waals surface area contributed by atoms with Crippen LogP contribution in [0.25, 0.3) is 6.20 Å². The molecule has 0 N–H and O–H groups in total. The highest BCUT2D eigenvalue weighted by molar-refractivity contribution is 5.14. The quantitative estimate of drug-likeness (QED) is 0.625. The van der Waals surface area contributed by atoms with Crippen LogP contribution in [0.5, 0.6) is 0 Å². The summed E-state index contributed by atoms with van der Waals surface area (Å²) in [4.78, 5) is 0. The van der Waals surface area contributed by atoms with Gasteiger partial charge in [-0.1, -0.05) is 36.9 Å². The van der Waals surface area contributed by atoms with E-state index in [2.05, 4.69) is 35.4 Å². The first kappa shape index (κ1) is 11.7. The third-order valence-electron chi connectivity index (χ3n) is 2.13. The molecule has 2 nitrogen and oxygen atoms in total. The Bertz CT molecular complexity index is 420. The minimum atomic E-state index is 0. The lowest BCUT2D eigenvalue weighted by atomic mass is 10.2. The van der Waals surface area contributed by atoms with E-state index in [-0.39, 0.29) is 17.0 Å². The summed E-state index contributed by atoms with van der Waals surface area (Å²) in [6.45, 7) is 4.61. The summed E-state index contributed by atoms with van der Waals surface area (Å²) in [5, 5.41) is 0. The predicted molar refractivity (Wildman–Crippen MR) is 56.6 cm³/mol. The third kappa shape index (κ3) is 3.06. The zero-order valence-corrected chi connectivity index (χ0v) is 9.97. The summed E-state index contributed by atoms with van der Waals surface area (Å²) in [7, 11) is 0. The van der Waals surface area contributed by atoms with Crippen molar-refractivity contribution in [2.75, 3.05) is 0 Å². The fraction of sp³-hybridized carbons (Fsp3) is 0.0833. The molecule has 0 atom stereocenters. The van der Waals surface area contributed by atoms with Gasteiger partial charge in [-0.05, 0) is 5.56 Å². The predicted octanol–water partition coefficient (Wildman–Crippen LogP) is -1.07.